The van der Waals surface area contributed by atoms with Gasteiger partial charge in [-0.3, -0.25) is 9.48 Å². The molecule has 172 valence electrons. The number of amides is 1. The summed E-state index contributed by atoms with van der Waals surface area (Å²) in [4.78, 5) is 15.7. The smallest absolute Gasteiger partial charge is 0.257 e. The van der Waals surface area contributed by atoms with Crippen LogP contribution in [0.4, 0.5) is 0 Å². The number of carbonyl (C=O) groups excluding carboxylic acids is 1. The van der Waals surface area contributed by atoms with Crippen molar-refractivity contribution in [3.63, 3.8) is 0 Å². The number of rotatable bonds is 6. The third kappa shape index (κ3) is 3.60. The summed E-state index contributed by atoms with van der Waals surface area (Å²) in [5, 5.41) is 9.52. The van der Waals surface area contributed by atoms with Crippen molar-refractivity contribution in [3.8, 4) is 5.69 Å². The molecule has 0 N–H and O–H groups in total. The topological polar surface area (TPSA) is 56.0 Å². The maximum atomic E-state index is 13.8. The van der Waals surface area contributed by atoms with Crippen LogP contribution in [0.25, 0.3) is 5.69 Å². The molecule has 2 heterocycles. The molecule has 6 nitrogen and oxygen atoms in total. The van der Waals surface area contributed by atoms with Gasteiger partial charge in [-0.15, -0.1) is 0 Å². The zero-order chi connectivity index (χ0) is 22.6. The molecule has 7 rings (SSSR count). The first-order valence-corrected chi connectivity index (χ1v) is 12.5. The second-order valence-electron chi connectivity index (χ2n) is 10.7. The van der Waals surface area contributed by atoms with Gasteiger partial charge in [-0.25, -0.2) is 4.68 Å². The maximum absolute atomic E-state index is 13.8. The van der Waals surface area contributed by atoms with Crippen LogP contribution < -0.4 is 0 Å². The Hall–Kier alpha value is -2.89. The van der Waals surface area contributed by atoms with E-state index in [1.165, 1.54) is 38.5 Å². The van der Waals surface area contributed by atoms with Gasteiger partial charge in [0.25, 0.3) is 5.91 Å². The predicted molar refractivity (Wildman–Crippen MR) is 127 cm³/mol. The monoisotopic (exact) mass is 443 g/mol. The highest BCUT2D eigenvalue weighted by molar-refractivity contribution is 5.95. The molecule has 3 aromatic rings. The molecule has 0 unspecified atom stereocenters. The molecule has 2 aromatic heterocycles. The third-order valence-electron chi connectivity index (χ3n) is 8.28. The Balaban J connectivity index is 1.37. The molecule has 4 fully saturated rings. The number of aromatic nitrogens is 4. The average molecular weight is 444 g/mol. The average Bonchev–Trinajstić information content (AvgIpc) is 3.46. The van der Waals surface area contributed by atoms with Gasteiger partial charge in [-0.1, -0.05) is 18.2 Å². The van der Waals surface area contributed by atoms with E-state index in [4.69, 9.17) is 5.10 Å². The van der Waals surface area contributed by atoms with E-state index in [0.717, 1.165) is 46.8 Å². The van der Waals surface area contributed by atoms with Gasteiger partial charge in [0.05, 0.1) is 23.1 Å². The molecular formula is C27H33N5O. The van der Waals surface area contributed by atoms with Crippen molar-refractivity contribution < 1.29 is 4.79 Å². The van der Waals surface area contributed by atoms with Gasteiger partial charge >= 0.3 is 0 Å². The molecular weight excluding hydrogens is 410 g/mol. The van der Waals surface area contributed by atoms with Crippen molar-refractivity contribution in [3.05, 3.63) is 65.7 Å². The van der Waals surface area contributed by atoms with Gasteiger partial charge in [-0.2, -0.15) is 10.2 Å². The number of hydrogen-bond donors (Lipinski definition) is 0. The molecule has 1 aromatic carbocycles. The van der Waals surface area contributed by atoms with E-state index in [-0.39, 0.29) is 11.3 Å². The first kappa shape index (κ1) is 20.7. The van der Waals surface area contributed by atoms with Crippen molar-refractivity contribution in [2.45, 2.75) is 64.0 Å². The fourth-order valence-electron chi connectivity index (χ4n) is 7.25. The molecule has 0 spiro atoms. The standard InChI is InChI=1S/C27H33N5O/c1-3-31-17-22(15-28-31)16-30(2)26(33)24-18-32(23-7-5-4-6-8-23)29-25(24)27-12-19-9-20(13-27)11-21(10-19)14-27/h4-8,15,17-21H,3,9-14,16H2,1-2H3. The molecule has 6 heteroatoms. The first-order chi connectivity index (χ1) is 16.0. The van der Waals surface area contributed by atoms with Crippen LogP contribution in [0.1, 0.15) is 67.1 Å². The van der Waals surface area contributed by atoms with Crippen LogP contribution in [0.2, 0.25) is 0 Å². The van der Waals surface area contributed by atoms with Crippen molar-refractivity contribution in [2.75, 3.05) is 7.05 Å². The minimum Gasteiger partial charge on any atom is -0.337 e. The molecule has 4 aliphatic rings. The van der Waals surface area contributed by atoms with Crippen molar-refractivity contribution in [1.29, 1.82) is 0 Å². The number of hydrogen-bond acceptors (Lipinski definition) is 3. The lowest BCUT2D eigenvalue weighted by atomic mass is 9.48. The number of benzene rings is 1. The molecule has 0 aliphatic heterocycles. The van der Waals surface area contributed by atoms with Gasteiger partial charge in [0, 0.05) is 43.5 Å². The summed E-state index contributed by atoms with van der Waals surface area (Å²) in [6, 6.07) is 10.2. The van der Waals surface area contributed by atoms with Crippen LogP contribution in [-0.2, 0) is 18.5 Å². The van der Waals surface area contributed by atoms with E-state index >= 15 is 0 Å². The van der Waals surface area contributed by atoms with Crippen LogP contribution in [0, 0.1) is 17.8 Å². The van der Waals surface area contributed by atoms with Crippen molar-refractivity contribution >= 4 is 5.91 Å². The lowest BCUT2D eigenvalue weighted by Gasteiger charge is -2.56. The summed E-state index contributed by atoms with van der Waals surface area (Å²) < 4.78 is 3.84. The molecule has 4 aliphatic carbocycles. The number of aryl methyl sites for hydroxylation is 1. The fraction of sp³-hybridized carbons (Fsp3) is 0.519. The summed E-state index contributed by atoms with van der Waals surface area (Å²) in [5.41, 5.74) is 3.96. The van der Waals surface area contributed by atoms with Gasteiger partial charge in [0.1, 0.15) is 0 Å². The Morgan fingerprint density at radius 1 is 1.06 bits per heavy atom. The highest BCUT2D eigenvalue weighted by atomic mass is 16.2. The van der Waals surface area contributed by atoms with Crippen LogP contribution in [0.3, 0.4) is 0 Å². The van der Waals surface area contributed by atoms with Crippen LogP contribution in [0.15, 0.2) is 48.9 Å². The summed E-state index contributed by atoms with van der Waals surface area (Å²) >= 11 is 0. The molecule has 4 bridgehead atoms. The quantitative estimate of drug-likeness (QED) is 0.548. The summed E-state index contributed by atoms with van der Waals surface area (Å²) in [6.45, 7) is 3.45. The summed E-state index contributed by atoms with van der Waals surface area (Å²) in [7, 11) is 1.90. The highest BCUT2D eigenvalue weighted by Gasteiger charge is 2.54. The second kappa shape index (κ2) is 7.86. The zero-order valence-corrected chi connectivity index (χ0v) is 19.7. The minimum absolute atomic E-state index is 0.0622. The molecule has 1 amide bonds. The van der Waals surface area contributed by atoms with E-state index in [2.05, 4.69) is 24.2 Å². The van der Waals surface area contributed by atoms with Gasteiger partial charge in [-0.05, 0) is 75.3 Å². The van der Waals surface area contributed by atoms with E-state index < -0.39 is 0 Å². The maximum Gasteiger partial charge on any atom is 0.257 e. The Labute approximate surface area is 195 Å². The zero-order valence-electron chi connectivity index (χ0n) is 19.7. The fourth-order valence-corrected chi connectivity index (χ4v) is 7.25. The molecule has 0 saturated heterocycles. The Morgan fingerprint density at radius 3 is 2.33 bits per heavy atom. The SMILES string of the molecule is CCn1cc(CN(C)C(=O)c2cn(-c3ccccc3)nc2C23CC4CC(CC(C4)C2)C3)cn1. The second-order valence-corrected chi connectivity index (χ2v) is 10.7. The normalized spacial score (nSPS) is 27.8. The highest BCUT2D eigenvalue weighted by Crippen LogP contribution is 2.61. The minimum atomic E-state index is 0.0622. The molecule has 0 radical (unpaired) electrons. The Morgan fingerprint density at radius 2 is 1.73 bits per heavy atom. The predicted octanol–water partition coefficient (Wildman–Crippen LogP) is 4.83. The van der Waals surface area contributed by atoms with E-state index in [1.54, 1.807) is 0 Å². The molecule has 4 saturated carbocycles. The van der Waals surface area contributed by atoms with Gasteiger partial charge < -0.3 is 4.90 Å². The molecule has 33 heavy (non-hydrogen) atoms. The van der Waals surface area contributed by atoms with Crippen molar-refractivity contribution in [1.82, 2.24) is 24.5 Å². The van der Waals surface area contributed by atoms with E-state index in [1.807, 2.05) is 58.1 Å². The lowest BCUT2D eigenvalue weighted by molar-refractivity contribution is -0.00783. The number of carbonyl (C=O) groups is 1. The van der Waals surface area contributed by atoms with E-state index in [9.17, 15) is 4.79 Å². The van der Waals surface area contributed by atoms with E-state index in [0.29, 0.717) is 6.54 Å². The third-order valence-corrected chi connectivity index (χ3v) is 8.28. The Bertz CT molecular complexity index is 1130. The number of para-hydroxylation sites is 1. The Kier molecular flexibility index (Phi) is 4.93. The summed E-state index contributed by atoms with van der Waals surface area (Å²) in [6.07, 6.45) is 13.6. The van der Waals surface area contributed by atoms with Gasteiger partial charge in [0.15, 0.2) is 0 Å². The first-order valence-electron chi connectivity index (χ1n) is 12.5. The van der Waals surface area contributed by atoms with Crippen LogP contribution >= 0.6 is 0 Å². The van der Waals surface area contributed by atoms with Crippen LogP contribution in [-0.4, -0.2) is 37.4 Å². The van der Waals surface area contributed by atoms with Gasteiger partial charge in [0.2, 0.25) is 0 Å². The largest absolute Gasteiger partial charge is 0.337 e. The summed E-state index contributed by atoms with van der Waals surface area (Å²) in [5.74, 6) is 2.48. The lowest BCUT2D eigenvalue weighted by Crippen LogP contribution is -2.49. The van der Waals surface area contributed by atoms with Crippen molar-refractivity contribution in [2.24, 2.45) is 17.8 Å². The molecule has 0 atom stereocenters. The van der Waals surface area contributed by atoms with Crippen LogP contribution in [0.5, 0.6) is 0 Å². The number of nitrogens with zero attached hydrogens (tertiary/aromatic N) is 5.